The van der Waals surface area contributed by atoms with E-state index >= 15 is 0 Å². The first-order valence-corrected chi connectivity index (χ1v) is 5.22. The molecule has 0 saturated carbocycles. The van der Waals surface area contributed by atoms with Gasteiger partial charge in [0.1, 0.15) is 0 Å². The highest BCUT2D eigenvalue weighted by molar-refractivity contribution is 5.01. The molecule has 1 atom stereocenters. The van der Waals surface area contributed by atoms with E-state index in [9.17, 15) is 0 Å². The van der Waals surface area contributed by atoms with Crippen molar-refractivity contribution < 1.29 is 0 Å². The Morgan fingerprint density at radius 1 is 1.08 bits per heavy atom. The summed E-state index contributed by atoms with van der Waals surface area (Å²) in [7, 11) is 0. The summed E-state index contributed by atoms with van der Waals surface area (Å²) >= 11 is 0. The predicted molar refractivity (Wildman–Crippen MR) is 55.9 cm³/mol. The molecule has 12 heavy (non-hydrogen) atoms. The minimum atomic E-state index is 0.592. The SMILES string of the molecule is CCC#CC(C)CC(CC)CC. The van der Waals surface area contributed by atoms with Gasteiger partial charge in [-0.05, 0) is 12.3 Å². The molecule has 0 aromatic rings. The number of hydrogen-bond acceptors (Lipinski definition) is 0. The summed E-state index contributed by atoms with van der Waals surface area (Å²) in [5, 5.41) is 0. The molecular formula is C12H22. The van der Waals surface area contributed by atoms with E-state index in [0.29, 0.717) is 5.92 Å². The zero-order chi connectivity index (χ0) is 9.40. The van der Waals surface area contributed by atoms with Gasteiger partial charge in [0.25, 0.3) is 0 Å². The maximum atomic E-state index is 3.28. The molecular weight excluding hydrogens is 144 g/mol. The maximum Gasteiger partial charge on any atom is 0.0177 e. The molecule has 0 heteroatoms. The van der Waals surface area contributed by atoms with Crippen molar-refractivity contribution in [2.45, 2.75) is 53.4 Å². The van der Waals surface area contributed by atoms with Crippen molar-refractivity contribution in [1.82, 2.24) is 0 Å². The van der Waals surface area contributed by atoms with E-state index < -0.39 is 0 Å². The molecule has 1 unspecified atom stereocenters. The Kier molecular flexibility index (Phi) is 6.96. The van der Waals surface area contributed by atoms with Crippen LogP contribution in [0.3, 0.4) is 0 Å². The van der Waals surface area contributed by atoms with Crippen molar-refractivity contribution in [2.24, 2.45) is 11.8 Å². The third kappa shape index (κ3) is 5.24. The highest BCUT2D eigenvalue weighted by atomic mass is 14.1. The van der Waals surface area contributed by atoms with Crippen LogP contribution in [-0.4, -0.2) is 0 Å². The fourth-order valence-electron chi connectivity index (χ4n) is 1.46. The van der Waals surface area contributed by atoms with Crippen LogP contribution in [0.4, 0.5) is 0 Å². The van der Waals surface area contributed by atoms with E-state index in [-0.39, 0.29) is 0 Å². The highest BCUT2D eigenvalue weighted by Crippen LogP contribution is 2.17. The summed E-state index contributed by atoms with van der Waals surface area (Å²) in [4.78, 5) is 0. The van der Waals surface area contributed by atoms with Crippen LogP contribution in [0.25, 0.3) is 0 Å². The molecule has 0 heterocycles. The summed E-state index contributed by atoms with van der Waals surface area (Å²) in [6.45, 7) is 8.89. The smallest absolute Gasteiger partial charge is 0.0177 e. The minimum absolute atomic E-state index is 0.592. The molecule has 0 N–H and O–H groups in total. The molecule has 0 fully saturated rings. The van der Waals surface area contributed by atoms with Crippen LogP contribution in [0.5, 0.6) is 0 Å². The lowest BCUT2D eigenvalue weighted by Gasteiger charge is -2.13. The largest absolute Gasteiger partial charge is 0.103 e. The first kappa shape index (κ1) is 11.6. The van der Waals surface area contributed by atoms with Crippen molar-refractivity contribution in [3.63, 3.8) is 0 Å². The topological polar surface area (TPSA) is 0 Å². The lowest BCUT2D eigenvalue weighted by molar-refractivity contribution is 0.415. The first-order valence-electron chi connectivity index (χ1n) is 5.22. The van der Waals surface area contributed by atoms with E-state index in [1.165, 1.54) is 19.3 Å². The average Bonchev–Trinajstić information content (AvgIpc) is 2.10. The third-order valence-corrected chi connectivity index (χ3v) is 2.37. The van der Waals surface area contributed by atoms with E-state index in [0.717, 1.165) is 12.3 Å². The van der Waals surface area contributed by atoms with Crippen molar-refractivity contribution in [2.75, 3.05) is 0 Å². The van der Waals surface area contributed by atoms with Crippen LogP contribution >= 0.6 is 0 Å². The van der Waals surface area contributed by atoms with E-state index in [1.54, 1.807) is 0 Å². The number of rotatable bonds is 4. The van der Waals surface area contributed by atoms with Crippen molar-refractivity contribution >= 4 is 0 Å². The fraction of sp³-hybridized carbons (Fsp3) is 0.833. The third-order valence-electron chi connectivity index (χ3n) is 2.37. The minimum Gasteiger partial charge on any atom is -0.103 e. The van der Waals surface area contributed by atoms with Gasteiger partial charge in [0.2, 0.25) is 0 Å². The Morgan fingerprint density at radius 2 is 1.67 bits per heavy atom. The van der Waals surface area contributed by atoms with E-state index in [4.69, 9.17) is 0 Å². The van der Waals surface area contributed by atoms with Gasteiger partial charge in [-0.2, -0.15) is 0 Å². The zero-order valence-corrected chi connectivity index (χ0v) is 8.98. The van der Waals surface area contributed by atoms with Gasteiger partial charge in [0, 0.05) is 12.3 Å². The van der Waals surface area contributed by atoms with Crippen molar-refractivity contribution in [1.29, 1.82) is 0 Å². The molecule has 0 aliphatic rings. The predicted octanol–water partition coefficient (Wildman–Crippen LogP) is 3.86. The Morgan fingerprint density at radius 3 is 2.08 bits per heavy atom. The quantitative estimate of drug-likeness (QED) is 0.556. The van der Waals surface area contributed by atoms with E-state index in [1.807, 2.05) is 0 Å². The molecule has 70 valence electrons. The monoisotopic (exact) mass is 166 g/mol. The summed E-state index contributed by atoms with van der Waals surface area (Å²) in [6.07, 6.45) is 4.87. The molecule has 0 aliphatic heterocycles. The Labute approximate surface area is 77.8 Å². The summed E-state index contributed by atoms with van der Waals surface area (Å²) in [6, 6.07) is 0. The summed E-state index contributed by atoms with van der Waals surface area (Å²) in [5.41, 5.74) is 0. The van der Waals surface area contributed by atoms with Crippen LogP contribution in [-0.2, 0) is 0 Å². The van der Waals surface area contributed by atoms with Gasteiger partial charge < -0.3 is 0 Å². The second-order valence-electron chi connectivity index (χ2n) is 3.49. The van der Waals surface area contributed by atoms with Gasteiger partial charge in [0.15, 0.2) is 0 Å². The molecule has 0 aliphatic carbocycles. The maximum absolute atomic E-state index is 3.28. The van der Waals surface area contributed by atoms with Crippen LogP contribution in [0.1, 0.15) is 53.4 Å². The molecule has 0 bridgehead atoms. The Hall–Kier alpha value is -0.440. The van der Waals surface area contributed by atoms with Gasteiger partial charge in [0.05, 0.1) is 0 Å². The van der Waals surface area contributed by atoms with Crippen molar-refractivity contribution in [3.8, 4) is 11.8 Å². The summed E-state index contributed by atoms with van der Waals surface area (Å²) < 4.78 is 0. The lowest BCUT2D eigenvalue weighted by Crippen LogP contribution is -2.02. The van der Waals surface area contributed by atoms with Gasteiger partial charge in [-0.25, -0.2) is 0 Å². The molecule has 0 aromatic carbocycles. The molecule has 0 nitrogen and oxygen atoms in total. The number of hydrogen-bond donors (Lipinski definition) is 0. The van der Waals surface area contributed by atoms with Crippen molar-refractivity contribution in [3.05, 3.63) is 0 Å². The molecule has 0 radical (unpaired) electrons. The second-order valence-corrected chi connectivity index (χ2v) is 3.49. The van der Waals surface area contributed by atoms with Gasteiger partial charge in [-0.3, -0.25) is 0 Å². The van der Waals surface area contributed by atoms with Gasteiger partial charge in [-0.15, -0.1) is 11.8 Å². The zero-order valence-electron chi connectivity index (χ0n) is 8.98. The second kappa shape index (κ2) is 7.22. The molecule has 0 aromatic heterocycles. The average molecular weight is 166 g/mol. The normalized spacial score (nSPS) is 12.4. The van der Waals surface area contributed by atoms with Gasteiger partial charge in [-0.1, -0.05) is 40.5 Å². The van der Waals surface area contributed by atoms with Crippen LogP contribution in [0.2, 0.25) is 0 Å². The lowest BCUT2D eigenvalue weighted by atomic mass is 9.92. The molecule has 0 amide bonds. The standard InChI is InChI=1S/C12H22/c1-5-8-9-11(4)10-12(6-2)7-3/h11-12H,5-7,10H2,1-4H3. The molecule has 0 rings (SSSR count). The summed E-state index contributed by atoms with van der Waals surface area (Å²) in [5.74, 6) is 7.91. The van der Waals surface area contributed by atoms with Crippen LogP contribution < -0.4 is 0 Å². The van der Waals surface area contributed by atoms with Crippen LogP contribution in [0, 0.1) is 23.7 Å². The Balaban J connectivity index is 3.73. The first-order chi connectivity index (χ1) is 5.74. The molecule has 0 spiro atoms. The van der Waals surface area contributed by atoms with Gasteiger partial charge >= 0.3 is 0 Å². The Bertz CT molecular complexity index is 143. The highest BCUT2D eigenvalue weighted by Gasteiger charge is 2.06. The van der Waals surface area contributed by atoms with E-state index in [2.05, 4.69) is 39.5 Å². The molecule has 0 saturated heterocycles. The van der Waals surface area contributed by atoms with Crippen LogP contribution in [0.15, 0.2) is 0 Å². The fourth-order valence-corrected chi connectivity index (χ4v) is 1.46.